The molecular formula is C15H22N4OS. The van der Waals surface area contributed by atoms with Crippen LogP contribution >= 0.6 is 11.3 Å². The van der Waals surface area contributed by atoms with Gasteiger partial charge in [-0.1, -0.05) is 0 Å². The molecule has 0 amide bonds. The molecule has 6 heteroatoms. The highest BCUT2D eigenvalue weighted by Crippen LogP contribution is 2.33. The summed E-state index contributed by atoms with van der Waals surface area (Å²) in [5, 5.41) is 4.40. The van der Waals surface area contributed by atoms with Gasteiger partial charge in [0.1, 0.15) is 10.6 Å². The molecule has 0 saturated carbocycles. The van der Waals surface area contributed by atoms with Gasteiger partial charge in [0.05, 0.1) is 11.5 Å². The lowest BCUT2D eigenvalue weighted by molar-refractivity contribution is 0.0892. The van der Waals surface area contributed by atoms with Gasteiger partial charge in [0.25, 0.3) is 0 Å². The number of hydrogen-bond acceptors (Lipinski definition) is 6. The summed E-state index contributed by atoms with van der Waals surface area (Å²) in [6, 6.07) is 2.20. The maximum atomic E-state index is 5.54. The molecule has 1 unspecified atom stereocenters. The topological polar surface area (TPSA) is 50.3 Å². The van der Waals surface area contributed by atoms with E-state index in [9.17, 15) is 0 Å². The number of ether oxygens (including phenoxy) is 1. The zero-order valence-electron chi connectivity index (χ0n) is 12.8. The van der Waals surface area contributed by atoms with E-state index in [1.54, 1.807) is 18.4 Å². The van der Waals surface area contributed by atoms with Crippen LogP contribution in [0.1, 0.15) is 24.6 Å². The lowest BCUT2D eigenvalue weighted by Gasteiger charge is -2.33. The van der Waals surface area contributed by atoms with Crippen molar-refractivity contribution in [2.24, 2.45) is 0 Å². The van der Waals surface area contributed by atoms with Crippen molar-refractivity contribution in [1.82, 2.24) is 9.97 Å². The summed E-state index contributed by atoms with van der Waals surface area (Å²) < 4.78 is 5.54. The van der Waals surface area contributed by atoms with Crippen molar-refractivity contribution >= 4 is 33.3 Å². The standard InChI is InChI=1S/C15H22N4OS/c1-4-16-15-17-13(12-8-10(2)21-14(12)18-15)19-7-5-6-11(9-19)20-3/h8,11H,4-7,9H2,1-3H3,(H,16,17,18). The first-order valence-corrected chi connectivity index (χ1v) is 8.32. The molecule has 114 valence electrons. The van der Waals surface area contributed by atoms with Crippen molar-refractivity contribution in [1.29, 1.82) is 0 Å². The van der Waals surface area contributed by atoms with Gasteiger partial charge in [-0.3, -0.25) is 0 Å². The van der Waals surface area contributed by atoms with E-state index in [0.717, 1.165) is 54.5 Å². The van der Waals surface area contributed by atoms with E-state index in [4.69, 9.17) is 9.72 Å². The number of aromatic nitrogens is 2. The van der Waals surface area contributed by atoms with Gasteiger partial charge < -0.3 is 15.0 Å². The maximum absolute atomic E-state index is 5.54. The molecule has 2 aromatic heterocycles. The molecule has 2 aromatic rings. The van der Waals surface area contributed by atoms with Crippen LogP contribution in [-0.4, -0.2) is 42.8 Å². The fourth-order valence-corrected chi connectivity index (χ4v) is 3.70. The molecule has 0 radical (unpaired) electrons. The third-order valence-electron chi connectivity index (χ3n) is 3.84. The number of nitrogens with zero attached hydrogens (tertiary/aromatic N) is 3. The number of hydrogen-bond donors (Lipinski definition) is 1. The van der Waals surface area contributed by atoms with Gasteiger partial charge in [-0.15, -0.1) is 11.3 Å². The second kappa shape index (κ2) is 6.15. The fraction of sp³-hybridized carbons (Fsp3) is 0.600. The molecule has 1 N–H and O–H groups in total. The molecule has 1 aliphatic heterocycles. The highest BCUT2D eigenvalue weighted by atomic mass is 32.1. The van der Waals surface area contributed by atoms with E-state index >= 15 is 0 Å². The zero-order valence-corrected chi connectivity index (χ0v) is 13.7. The molecule has 1 aliphatic rings. The van der Waals surface area contributed by atoms with Crippen LogP contribution in [0.3, 0.4) is 0 Å². The van der Waals surface area contributed by atoms with Gasteiger partial charge in [0, 0.05) is 31.6 Å². The zero-order chi connectivity index (χ0) is 14.8. The Morgan fingerprint density at radius 2 is 2.33 bits per heavy atom. The fourth-order valence-electron chi connectivity index (χ4n) is 2.83. The molecule has 0 aromatic carbocycles. The minimum Gasteiger partial charge on any atom is -0.380 e. The monoisotopic (exact) mass is 306 g/mol. The van der Waals surface area contributed by atoms with Crippen molar-refractivity contribution in [2.45, 2.75) is 32.8 Å². The number of thiophene rings is 1. The SMILES string of the molecule is CCNc1nc(N2CCCC(OC)C2)c2cc(C)sc2n1. The van der Waals surface area contributed by atoms with Gasteiger partial charge in [-0.25, -0.2) is 4.98 Å². The average molecular weight is 306 g/mol. The molecule has 5 nitrogen and oxygen atoms in total. The summed E-state index contributed by atoms with van der Waals surface area (Å²) in [7, 11) is 1.79. The van der Waals surface area contributed by atoms with E-state index in [2.05, 4.69) is 35.1 Å². The van der Waals surface area contributed by atoms with Crippen molar-refractivity contribution in [3.8, 4) is 0 Å². The molecule has 1 atom stereocenters. The summed E-state index contributed by atoms with van der Waals surface area (Å²) in [6.07, 6.45) is 2.57. The molecule has 0 bridgehead atoms. The molecule has 1 fully saturated rings. The Labute approximate surface area is 129 Å². The molecule has 3 heterocycles. The second-order valence-corrected chi connectivity index (χ2v) is 6.66. The highest BCUT2D eigenvalue weighted by molar-refractivity contribution is 7.18. The Bertz CT molecular complexity index is 627. The first-order valence-electron chi connectivity index (χ1n) is 7.51. The Kier molecular flexibility index (Phi) is 4.26. The third-order valence-corrected chi connectivity index (χ3v) is 4.79. The van der Waals surface area contributed by atoms with E-state index in [0.29, 0.717) is 6.10 Å². The van der Waals surface area contributed by atoms with Crippen LogP contribution in [0.5, 0.6) is 0 Å². The Hall–Kier alpha value is -1.40. The van der Waals surface area contributed by atoms with Crippen LogP contribution in [0.15, 0.2) is 6.07 Å². The van der Waals surface area contributed by atoms with Gasteiger partial charge in [0.2, 0.25) is 5.95 Å². The molecule has 1 saturated heterocycles. The number of nitrogens with one attached hydrogen (secondary N) is 1. The largest absolute Gasteiger partial charge is 0.380 e. The smallest absolute Gasteiger partial charge is 0.226 e. The quantitative estimate of drug-likeness (QED) is 0.941. The van der Waals surface area contributed by atoms with Gasteiger partial charge in [-0.2, -0.15) is 4.98 Å². The van der Waals surface area contributed by atoms with Crippen LogP contribution in [-0.2, 0) is 4.74 Å². The predicted octanol–water partition coefficient (Wildman–Crippen LogP) is 3.05. The lowest BCUT2D eigenvalue weighted by Crippen LogP contribution is -2.39. The average Bonchev–Trinajstić information content (AvgIpc) is 2.87. The van der Waals surface area contributed by atoms with Crippen LogP contribution in [0.2, 0.25) is 0 Å². The summed E-state index contributed by atoms with van der Waals surface area (Å²) in [4.78, 5) is 14.0. The number of aryl methyl sites for hydroxylation is 1. The third kappa shape index (κ3) is 2.96. The first-order chi connectivity index (χ1) is 10.2. The minimum atomic E-state index is 0.297. The van der Waals surface area contributed by atoms with Crippen LogP contribution in [0.25, 0.3) is 10.2 Å². The van der Waals surface area contributed by atoms with E-state index in [-0.39, 0.29) is 0 Å². The van der Waals surface area contributed by atoms with Crippen LogP contribution in [0.4, 0.5) is 11.8 Å². The molecule has 0 aliphatic carbocycles. The number of fused-ring (bicyclic) bond motifs is 1. The predicted molar refractivity (Wildman–Crippen MR) is 88.6 cm³/mol. The van der Waals surface area contributed by atoms with E-state index in [1.807, 2.05) is 0 Å². The highest BCUT2D eigenvalue weighted by Gasteiger charge is 2.23. The lowest BCUT2D eigenvalue weighted by atomic mass is 10.1. The molecule has 21 heavy (non-hydrogen) atoms. The van der Waals surface area contributed by atoms with Crippen molar-refractivity contribution in [3.63, 3.8) is 0 Å². The summed E-state index contributed by atoms with van der Waals surface area (Å²) in [5.41, 5.74) is 0. The Morgan fingerprint density at radius 3 is 3.10 bits per heavy atom. The van der Waals surface area contributed by atoms with Gasteiger partial charge in [-0.05, 0) is 32.8 Å². The first kappa shape index (κ1) is 14.5. The van der Waals surface area contributed by atoms with E-state index in [1.165, 1.54) is 4.88 Å². The molecule has 3 rings (SSSR count). The number of anilines is 2. The van der Waals surface area contributed by atoms with Crippen LogP contribution < -0.4 is 10.2 Å². The molecule has 0 spiro atoms. The molecular weight excluding hydrogens is 284 g/mol. The van der Waals surface area contributed by atoms with Crippen LogP contribution in [0, 0.1) is 6.92 Å². The van der Waals surface area contributed by atoms with Gasteiger partial charge in [0.15, 0.2) is 0 Å². The number of rotatable bonds is 4. The van der Waals surface area contributed by atoms with Crippen molar-refractivity contribution in [2.75, 3.05) is 37.0 Å². The maximum Gasteiger partial charge on any atom is 0.226 e. The van der Waals surface area contributed by atoms with Crippen molar-refractivity contribution in [3.05, 3.63) is 10.9 Å². The Balaban J connectivity index is 2.02. The minimum absolute atomic E-state index is 0.297. The van der Waals surface area contributed by atoms with Crippen molar-refractivity contribution < 1.29 is 4.74 Å². The normalized spacial score (nSPS) is 19.2. The van der Waals surface area contributed by atoms with E-state index < -0.39 is 0 Å². The summed E-state index contributed by atoms with van der Waals surface area (Å²) >= 11 is 1.73. The summed E-state index contributed by atoms with van der Waals surface area (Å²) in [5.74, 6) is 1.77. The van der Waals surface area contributed by atoms with Gasteiger partial charge >= 0.3 is 0 Å². The Morgan fingerprint density at radius 1 is 1.48 bits per heavy atom. The second-order valence-electron chi connectivity index (χ2n) is 5.42. The summed E-state index contributed by atoms with van der Waals surface area (Å²) in [6.45, 7) is 6.96. The number of methoxy groups -OCH3 is 1. The number of piperidine rings is 1.